The second-order valence-electron chi connectivity index (χ2n) is 4.05. The first-order valence-electron chi connectivity index (χ1n) is 6.11. The molecule has 6 heteroatoms. The minimum Gasteiger partial charge on any atom is -0.337 e. The van der Waals surface area contributed by atoms with Gasteiger partial charge in [-0.05, 0) is 37.1 Å². The molecule has 0 aliphatic carbocycles. The summed E-state index contributed by atoms with van der Waals surface area (Å²) in [6.07, 6.45) is 1.78. The highest BCUT2D eigenvalue weighted by molar-refractivity contribution is 6.30. The standard InChI is InChI=1S/C13H18ClN3O2/c14-12-4-1-3-11(9-12)5-7-16-13(19)17(10-18)8-2-6-15/h1,3-4,9-10H,2,5-8,15H2,(H,16,19). The molecule has 0 aliphatic heterocycles. The Hall–Kier alpha value is -1.59. The zero-order chi connectivity index (χ0) is 14.1. The van der Waals surface area contributed by atoms with Crippen LogP contribution in [0.2, 0.25) is 5.02 Å². The van der Waals surface area contributed by atoms with Crippen molar-refractivity contribution in [2.45, 2.75) is 12.8 Å². The van der Waals surface area contributed by atoms with Crippen LogP contribution >= 0.6 is 11.6 Å². The maximum Gasteiger partial charge on any atom is 0.323 e. The summed E-state index contributed by atoms with van der Waals surface area (Å²) in [5.41, 5.74) is 6.37. The van der Waals surface area contributed by atoms with Crippen LogP contribution < -0.4 is 11.1 Å². The Morgan fingerprint density at radius 3 is 2.89 bits per heavy atom. The van der Waals surface area contributed by atoms with Crippen LogP contribution in [-0.2, 0) is 11.2 Å². The number of nitrogens with two attached hydrogens (primary N) is 1. The summed E-state index contributed by atoms with van der Waals surface area (Å²) in [6, 6.07) is 7.04. The van der Waals surface area contributed by atoms with Gasteiger partial charge in [-0.3, -0.25) is 9.69 Å². The lowest BCUT2D eigenvalue weighted by Gasteiger charge is -2.15. The third-order valence-electron chi connectivity index (χ3n) is 2.57. The molecule has 0 bridgehead atoms. The van der Waals surface area contributed by atoms with Crippen molar-refractivity contribution < 1.29 is 9.59 Å². The number of halogens is 1. The largest absolute Gasteiger partial charge is 0.337 e. The van der Waals surface area contributed by atoms with E-state index < -0.39 is 6.03 Å². The van der Waals surface area contributed by atoms with Crippen molar-refractivity contribution in [3.63, 3.8) is 0 Å². The molecule has 3 N–H and O–H groups in total. The van der Waals surface area contributed by atoms with E-state index in [1.54, 1.807) is 6.07 Å². The average molecular weight is 284 g/mol. The number of carbonyl (C=O) groups is 2. The second kappa shape index (κ2) is 8.50. The lowest BCUT2D eigenvalue weighted by Crippen LogP contribution is -2.40. The summed E-state index contributed by atoms with van der Waals surface area (Å²) in [5, 5.41) is 3.35. The lowest BCUT2D eigenvalue weighted by atomic mass is 10.1. The van der Waals surface area contributed by atoms with Crippen molar-refractivity contribution in [2.75, 3.05) is 19.6 Å². The predicted octanol–water partition coefficient (Wildman–Crippen LogP) is 1.40. The van der Waals surface area contributed by atoms with Gasteiger partial charge in [-0.25, -0.2) is 4.79 Å². The monoisotopic (exact) mass is 283 g/mol. The van der Waals surface area contributed by atoms with Crippen LogP contribution in [-0.4, -0.2) is 37.0 Å². The van der Waals surface area contributed by atoms with Crippen LogP contribution in [0.15, 0.2) is 24.3 Å². The van der Waals surface area contributed by atoms with Gasteiger partial charge in [-0.1, -0.05) is 23.7 Å². The zero-order valence-corrected chi connectivity index (χ0v) is 11.4. The fourth-order valence-electron chi connectivity index (χ4n) is 1.57. The summed E-state index contributed by atoms with van der Waals surface area (Å²) < 4.78 is 0. The molecule has 0 saturated heterocycles. The van der Waals surface area contributed by atoms with Gasteiger partial charge in [0.1, 0.15) is 0 Å². The minimum atomic E-state index is -0.398. The molecule has 0 radical (unpaired) electrons. The van der Waals surface area contributed by atoms with Crippen LogP contribution in [0.1, 0.15) is 12.0 Å². The van der Waals surface area contributed by atoms with E-state index in [-0.39, 0.29) is 0 Å². The Bertz CT molecular complexity index is 426. The number of benzene rings is 1. The van der Waals surface area contributed by atoms with Crippen LogP contribution in [0.3, 0.4) is 0 Å². The van der Waals surface area contributed by atoms with Crippen molar-refractivity contribution in [3.8, 4) is 0 Å². The summed E-state index contributed by atoms with van der Waals surface area (Å²) in [6.45, 7) is 1.23. The number of hydrogen-bond donors (Lipinski definition) is 2. The molecule has 19 heavy (non-hydrogen) atoms. The molecular weight excluding hydrogens is 266 g/mol. The molecule has 0 aliphatic rings. The van der Waals surface area contributed by atoms with Gasteiger partial charge in [0, 0.05) is 18.1 Å². The number of carbonyl (C=O) groups excluding carboxylic acids is 2. The number of nitrogens with zero attached hydrogens (tertiary/aromatic N) is 1. The topological polar surface area (TPSA) is 75.4 Å². The maximum absolute atomic E-state index is 11.7. The Morgan fingerprint density at radius 1 is 1.47 bits per heavy atom. The van der Waals surface area contributed by atoms with Crippen molar-refractivity contribution in [1.29, 1.82) is 0 Å². The fourth-order valence-corrected chi connectivity index (χ4v) is 1.78. The fraction of sp³-hybridized carbons (Fsp3) is 0.385. The summed E-state index contributed by atoms with van der Waals surface area (Å²) >= 11 is 5.86. The molecule has 0 heterocycles. The van der Waals surface area contributed by atoms with Crippen LogP contribution in [0.4, 0.5) is 4.79 Å². The molecule has 0 aromatic heterocycles. The maximum atomic E-state index is 11.7. The number of imide groups is 1. The highest BCUT2D eigenvalue weighted by Gasteiger charge is 2.10. The Morgan fingerprint density at radius 2 is 2.26 bits per heavy atom. The Labute approximate surface area is 117 Å². The highest BCUT2D eigenvalue weighted by Crippen LogP contribution is 2.10. The lowest BCUT2D eigenvalue weighted by molar-refractivity contribution is -0.115. The van der Waals surface area contributed by atoms with E-state index in [4.69, 9.17) is 17.3 Å². The molecule has 104 valence electrons. The molecular formula is C13H18ClN3O2. The van der Waals surface area contributed by atoms with E-state index in [2.05, 4.69) is 5.32 Å². The molecule has 0 atom stereocenters. The third kappa shape index (κ3) is 5.72. The summed E-state index contributed by atoms with van der Waals surface area (Å²) in [7, 11) is 0. The third-order valence-corrected chi connectivity index (χ3v) is 2.81. The van der Waals surface area contributed by atoms with Gasteiger partial charge in [-0.15, -0.1) is 0 Å². The van der Waals surface area contributed by atoms with Gasteiger partial charge in [-0.2, -0.15) is 0 Å². The van der Waals surface area contributed by atoms with E-state index >= 15 is 0 Å². The van der Waals surface area contributed by atoms with Gasteiger partial charge in [0.2, 0.25) is 6.41 Å². The smallest absolute Gasteiger partial charge is 0.323 e. The van der Waals surface area contributed by atoms with E-state index in [1.165, 1.54) is 0 Å². The van der Waals surface area contributed by atoms with Crippen molar-refractivity contribution >= 4 is 24.0 Å². The van der Waals surface area contributed by atoms with Crippen molar-refractivity contribution in [2.24, 2.45) is 5.73 Å². The van der Waals surface area contributed by atoms with Gasteiger partial charge >= 0.3 is 6.03 Å². The minimum absolute atomic E-state index is 0.336. The van der Waals surface area contributed by atoms with Crippen molar-refractivity contribution in [1.82, 2.24) is 10.2 Å². The van der Waals surface area contributed by atoms with Crippen LogP contribution in [0.5, 0.6) is 0 Å². The Balaban J connectivity index is 2.35. The van der Waals surface area contributed by atoms with Crippen LogP contribution in [0.25, 0.3) is 0 Å². The zero-order valence-electron chi connectivity index (χ0n) is 10.6. The van der Waals surface area contributed by atoms with Gasteiger partial charge in [0.05, 0.1) is 0 Å². The molecule has 0 saturated carbocycles. The number of amides is 3. The average Bonchev–Trinajstić information content (AvgIpc) is 2.39. The molecule has 0 unspecified atom stereocenters. The number of urea groups is 1. The molecule has 5 nitrogen and oxygen atoms in total. The predicted molar refractivity (Wildman–Crippen MR) is 75.0 cm³/mol. The molecule has 1 aromatic rings. The van der Waals surface area contributed by atoms with E-state index in [0.717, 1.165) is 10.5 Å². The van der Waals surface area contributed by atoms with Crippen LogP contribution in [0, 0.1) is 0 Å². The first-order chi connectivity index (χ1) is 9.17. The number of hydrogen-bond acceptors (Lipinski definition) is 3. The van der Waals surface area contributed by atoms with E-state index in [9.17, 15) is 9.59 Å². The quantitative estimate of drug-likeness (QED) is 0.743. The van der Waals surface area contributed by atoms with Crippen molar-refractivity contribution in [3.05, 3.63) is 34.9 Å². The first kappa shape index (κ1) is 15.5. The van der Waals surface area contributed by atoms with Gasteiger partial charge < -0.3 is 11.1 Å². The van der Waals surface area contributed by atoms with E-state index in [1.807, 2.05) is 18.2 Å². The molecule has 1 rings (SSSR count). The molecule has 1 aromatic carbocycles. The summed E-state index contributed by atoms with van der Waals surface area (Å²) in [4.78, 5) is 23.5. The molecule has 0 fully saturated rings. The normalized spacial score (nSPS) is 10.0. The second-order valence-corrected chi connectivity index (χ2v) is 4.49. The first-order valence-corrected chi connectivity index (χ1v) is 6.49. The van der Waals surface area contributed by atoms with Gasteiger partial charge in [0.25, 0.3) is 0 Å². The highest BCUT2D eigenvalue weighted by atomic mass is 35.5. The van der Waals surface area contributed by atoms with Gasteiger partial charge in [0.15, 0.2) is 0 Å². The molecule has 0 spiro atoms. The summed E-state index contributed by atoms with van der Waals surface area (Å²) in [5.74, 6) is 0. The number of rotatable bonds is 7. The SMILES string of the molecule is NCCCN(C=O)C(=O)NCCc1cccc(Cl)c1. The molecule has 3 amide bonds. The van der Waals surface area contributed by atoms with E-state index in [0.29, 0.717) is 43.9 Å². The number of nitrogens with one attached hydrogen (secondary N) is 1. The Kier molecular flexibility index (Phi) is 6.92.